The molecule has 1 aliphatic rings. The van der Waals surface area contributed by atoms with Gasteiger partial charge in [-0.1, -0.05) is 30.1 Å². The van der Waals surface area contributed by atoms with Gasteiger partial charge in [-0.3, -0.25) is 9.52 Å². The number of nitrogens with one attached hydrogen (secondary N) is 2. The SMILES string of the molecule is CC1CCCN(CCCCNC(=O)c2ccc(NS(=O)(=O)c3cc(Cl)ccc3Cl)cc2)C1. The number of likely N-dealkylation sites (tertiary alicyclic amines) is 1. The molecular weight excluding hydrogens is 469 g/mol. The van der Waals surface area contributed by atoms with Crippen LogP contribution < -0.4 is 10.0 Å². The Balaban J connectivity index is 1.46. The predicted octanol–water partition coefficient (Wildman–Crippen LogP) is 5.04. The summed E-state index contributed by atoms with van der Waals surface area (Å²) in [5, 5.41) is 3.27. The summed E-state index contributed by atoms with van der Waals surface area (Å²) < 4.78 is 27.6. The van der Waals surface area contributed by atoms with Gasteiger partial charge >= 0.3 is 0 Å². The van der Waals surface area contributed by atoms with Gasteiger partial charge in [0, 0.05) is 29.4 Å². The lowest BCUT2D eigenvalue weighted by molar-refractivity contribution is 0.0952. The highest BCUT2D eigenvalue weighted by atomic mass is 35.5. The molecule has 6 nitrogen and oxygen atoms in total. The fourth-order valence-corrected chi connectivity index (χ4v) is 5.66. The number of amides is 1. The third kappa shape index (κ3) is 7.10. The molecule has 3 rings (SSSR count). The van der Waals surface area contributed by atoms with Crippen LogP contribution in [0.2, 0.25) is 10.0 Å². The van der Waals surface area contributed by atoms with Gasteiger partial charge in [0.1, 0.15) is 4.90 Å². The minimum Gasteiger partial charge on any atom is -0.352 e. The van der Waals surface area contributed by atoms with Crippen LogP contribution in [0.3, 0.4) is 0 Å². The maximum absolute atomic E-state index is 12.6. The van der Waals surface area contributed by atoms with Crippen molar-refractivity contribution >= 4 is 44.8 Å². The molecule has 2 N–H and O–H groups in total. The van der Waals surface area contributed by atoms with E-state index in [2.05, 4.69) is 21.9 Å². The average Bonchev–Trinajstić information content (AvgIpc) is 2.75. The fourth-order valence-electron chi connectivity index (χ4n) is 3.84. The zero-order valence-electron chi connectivity index (χ0n) is 18.1. The summed E-state index contributed by atoms with van der Waals surface area (Å²) in [5.74, 6) is 0.599. The highest BCUT2D eigenvalue weighted by molar-refractivity contribution is 7.92. The van der Waals surface area contributed by atoms with Crippen LogP contribution in [0.1, 0.15) is 43.0 Å². The number of benzene rings is 2. The smallest absolute Gasteiger partial charge is 0.263 e. The number of carbonyl (C=O) groups is 1. The Morgan fingerprint density at radius 3 is 2.59 bits per heavy atom. The van der Waals surface area contributed by atoms with E-state index in [4.69, 9.17) is 23.2 Å². The van der Waals surface area contributed by atoms with Crippen molar-refractivity contribution in [3.8, 4) is 0 Å². The summed E-state index contributed by atoms with van der Waals surface area (Å²) in [7, 11) is -3.90. The Morgan fingerprint density at radius 1 is 1.12 bits per heavy atom. The predicted molar refractivity (Wildman–Crippen MR) is 130 cm³/mol. The molecule has 2 aromatic carbocycles. The molecule has 174 valence electrons. The second-order valence-corrected chi connectivity index (χ2v) is 10.8. The van der Waals surface area contributed by atoms with Crippen molar-refractivity contribution in [2.45, 2.75) is 37.5 Å². The van der Waals surface area contributed by atoms with E-state index in [0.29, 0.717) is 17.8 Å². The molecule has 9 heteroatoms. The first-order valence-corrected chi connectivity index (χ1v) is 13.1. The Bertz CT molecular complexity index is 1030. The zero-order chi connectivity index (χ0) is 23.1. The molecule has 0 saturated carbocycles. The molecule has 0 aromatic heterocycles. The van der Waals surface area contributed by atoms with Crippen molar-refractivity contribution in [3.05, 3.63) is 58.1 Å². The van der Waals surface area contributed by atoms with Crippen molar-refractivity contribution in [2.24, 2.45) is 5.92 Å². The van der Waals surface area contributed by atoms with Gasteiger partial charge in [0.2, 0.25) is 0 Å². The molecule has 1 saturated heterocycles. The number of unbranched alkanes of at least 4 members (excludes halogenated alkanes) is 1. The number of piperidine rings is 1. The standard InChI is InChI=1S/C23H29Cl2N3O3S/c1-17-5-4-14-28(16-17)13-3-2-12-26-23(29)18-6-9-20(10-7-18)27-32(30,31)22-15-19(24)8-11-21(22)25/h6-11,15,17,27H,2-5,12-14,16H2,1H3,(H,26,29). The van der Waals surface area contributed by atoms with Crippen LogP contribution in [-0.2, 0) is 10.0 Å². The van der Waals surface area contributed by atoms with E-state index in [-0.39, 0.29) is 20.8 Å². The first kappa shape index (κ1) is 24.8. The molecular formula is C23H29Cl2N3O3S. The van der Waals surface area contributed by atoms with Gasteiger partial charge in [-0.2, -0.15) is 0 Å². The lowest BCUT2D eigenvalue weighted by atomic mass is 10.0. The second-order valence-electron chi connectivity index (χ2n) is 8.27. The number of sulfonamides is 1. The quantitative estimate of drug-likeness (QED) is 0.475. The molecule has 1 atom stereocenters. The minimum absolute atomic E-state index is 0.0766. The molecule has 1 aliphatic heterocycles. The van der Waals surface area contributed by atoms with E-state index in [9.17, 15) is 13.2 Å². The number of hydrogen-bond acceptors (Lipinski definition) is 4. The molecule has 1 heterocycles. The molecule has 1 fully saturated rings. The van der Waals surface area contributed by atoms with Gasteiger partial charge < -0.3 is 10.2 Å². The number of nitrogens with zero attached hydrogens (tertiary/aromatic N) is 1. The molecule has 0 radical (unpaired) electrons. The van der Waals surface area contributed by atoms with E-state index in [1.807, 2.05) is 0 Å². The summed E-state index contributed by atoms with van der Waals surface area (Å²) in [6, 6.07) is 10.5. The molecule has 32 heavy (non-hydrogen) atoms. The average molecular weight is 498 g/mol. The van der Waals surface area contributed by atoms with Crippen LogP contribution in [0, 0.1) is 5.92 Å². The lowest BCUT2D eigenvalue weighted by Gasteiger charge is -2.30. The number of hydrogen-bond donors (Lipinski definition) is 2. The maximum atomic E-state index is 12.6. The van der Waals surface area contributed by atoms with Crippen LogP contribution in [0.15, 0.2) is 47.4 Å². The van der Waals surface area contributed by atoms with Crippen molar-refractivity contribution in [1.82, 2.24) is 10.2 Å². The lowest BCUT2D eigenvalue weighted by Crippen LogP contribution is -2.35. The molecule has 2 aromatic rings. The monoisotopic (exact) mass is 497 g/mol. The van der Waals surface area contributed by atoms with Crippen LogP contribution in [0.5, 0.6) is 0 Å². The second kappa shape index (κ2) is 11.4. The van der Waals surface area contributed by atoms with Crippen LogP contribution >= 0.6 is 23.2 Å². The van der Waals surface area contributed by atoms with Gasteiger partial charge in [0.25, 0.3) is 15.9 Å². The summed E-state index contributed by atoms with van der Waals surface area (Å²) in [5.41, 5.74) is 0.798. The molecule has 1 unspecified atom stereocenters. The topological polar surface area (TPSA) is 78.5 Å². The van der Waals surface area contributed by atoms with Crippen molar-refractivity contribution in [3.63, 3.8) is 0 Å². The van der Waals surface area contributed by atoms with E-state index in [1.165, 1.54) is 44.1 Å². The van der Waals surface area contributed by atoms with Gasteiger partial charge in [-0.05, 0) is 87.2 Å². The third-order valence-corrected chi connectivity index (χ3v) is 7.61. The van der Waals surface area contributed by atoms with Crippen molar-refractivity contribution < 1.29 is 13.2 Å². The summed E-state index contributed by atoms with van der Waals surface area (Å²) >= 11 is 11.9. The summed E-state index contributed by atoms with van der Waals surface area (Å²) in [6.45, 7) is 6.34. The molecule has 0 bridgehead atoms. The first-order chi connectivity index (χ1) is 15.2. The molecule has 0 spiro atoms. The first-order valence-electron chi connectivity index (χ1n) is 10.8. The van der Waals surface area contributed by atoms with E-state index in [1.54, 1.807) is 24.3 Å². The summed E-state index contributed by atoms with van der Waals surface area (Å²) in [6.07, 6.45) is 4.58. The Hall–Kier alpha value is -1.80. The summed E-state index contributed by atoms with van der Waals surface area (Å²) in [4.78, 5) is 14.8. The largest absolute Gasteiger partial charge is 0.352 e. The number of halogens is 2. The van der Waals surface area contributed by atoms with Crippen LogP contribution in [-0.4, -0.2) is 45.4 Å². The maximum Gasteiger partial charge on any atom is 0.263 e. The van der Waals surface area contributed by atoms with E-state index < -0.39 is 10.0 Å². The number of carbonyl (C=O) groups excluding carboxylic acids is 1. The Kier molecular flexibility index (Phi) is 8.82. The fraction of sp³-hybridized carbons (Fsp3) is 0.435. The van der Waals surface area contributed by atoms with E-state index >= 15 is 0 Å². The third-order valence-electron chi connectivity index (χ3n) is 5.51. The van der Waals surface area contributed by atoms with Gasteiger partial charge in [0.05, 0.1) is 5.02 Å². The Labute approximate surface area is 200 Å². The molecule has 1 amide bonds. The van der Waals surface area contributed by atoms with Crippen LogP contribution in [0.25, 0.3) is 0 Å². The minimum atomic E-state index is -3.90. The van der Waals surface area contributed by atoms with Crippen LogP contribution in [0.4, 0.5) is 5.69 Å². The van der Waals surface area contributed by atoms with Gasteiger partial charge in [0.15, 0.2) is 0 Å². The highest BCUT2D eigenvalue weighted by Gasteiger charge is 2.19. The molecule has 0 aliphatic carbocycles. The van der Waals surface area contributed by atoms with E-state index in [0.717, 1.165) is 25.3 Å². The number of rotatable bonds is 9. The van der Waals surface area contributed by atoms with Gasteiger partial charge in [-0.25, -0.2) is 8.42 Å². The Morgan fingerprint density at radius 2 is 1.88 bits per heavy atom. The van der Waals surface area contributed by atoms with Crippen molar-refractivity contribution in [2.75, 3.05) is 30.9 Å². The van der Waals surface area contributed by atoms with Crippen molar-refractivity contribution in [1.29, 1.82) is 0 Å². The number of anilines is 1. The zero-order valence-corrected chi connectivity index (χ0v) is 20.4. The normalized spacial score (nSPS) is 17.2. The van der Waals surface area contributed by atoms with Gasteiger partial charge in [-0.15, -0.1) is 0 Å². The highest BCUT2D eigenvalue weighted by Crippen LogP contribution is 2.27.